The Kier molecular flexibility index (Phi) is 4.13. The summed E-state index contributed by atoms with van der Waals surface area (Å²) in [6.45, 7) is 1.45. The van der Waals surface area contributed by atoms with E-state index in [1.54, 1.807) is 0 Å². The predicted octanol–water partition coefficient (Wildman–Crippen LogP) is 1.94. The normalized spacial score (nSPS) is 11.5. The molecule has 0 atom stereocenters. The van der Waals surface area contributed by atoms with Crippen molar-refractivity contribution in [2.75, 3.05) is 6.67 Å². The van der Waals surface area contributed by atoms with Gasteiger partial charge in [0.05, 0.1) is 0 Å². The van der Waals surface area contributed by atoms with Gasteiger partial charge < -0.3 is 5.41 Å². The molecule has 2 heteroatoms. The van der Waals surface area contributed by atoms with E-state index in [9.17, 15) is 4.39 Å². The Hall–Kier alpha value is -0.660. The molecule has 0 aromatic heterocycles. The second-order valence-corrected chi connectivity index (χ2v) is 1.48. The Balaban J connectivity index is 3.66. The largest absolute Gasteiger partial charge is 0.309 e. The lowest BCUT2D eigenvalue weighted by Gasteiger charge is -1.90. The van der Waals surface area contributed by atoms with E-state index in [0.717, 1.165) is 6.21 Å². The number of halogens is 1. The summed E-state index contributed by atoms with van der Waals surface area (Å²) < 4.78 is 11.7. The average Bonchev–Trinajstić information content (AvgIpc) is 1.83. The molecule has 0 aromatic rings. The van der Waals surface area contributed by atoms with Crippen molar-refractivity contribution in [1.82, 2.24) is 0 Å². The first-order chi connectivity index (χ1) is 3.85. The summed E-state index contributed by atoms with van der Waals surface area (Å²) in [4.78, 5) is 0. The molecule has 0 heterocycles. The van der Waals surface area contributed by atoms with Gasteiger partial charge in [0.15, 0.2) is 0 Å². The molecule has 0 amide bonds. The molecule has 0 unspecified atom stereocenters. The minimum absolute atomic E-state index is 0.425. The van der Waals surface area contributed by atoms with Crippen LogP contribution in [0.5, 0.6) is 0 Å². The maximum Gasteiger partial charge on any atom is 0.111 e. The fourth-order valence-electron chi connectivity index (χ4n) is 0.375. The predicted molar refractivity (Wildman–Crippen MR) is 33.1 cm³/mol. The molecule has 0 aliphatic rings. The molecule has 0 rings (SSSR count). The molecule has 1 nitrogen and oxygen atoms in total. The molecule has 0 aliphatic carbocycles. The monoisotopic (exact) mass is 115 g/mol. The third-order valence-corrected chi connectivity index (χ3v) is 0.945. The zero-order valence-corrected chi connectivity index (χ0v) is 4.95. The van der Waals surface area contributed by atoms with Gasteiger partial charge in [0.25, 0.3) is 0 Å². The molecule has 0 saturated carbocycles. The Morgan fingerprint density at radius 1 is 1.75 bits per heavy atom. The van der Waals surface area contributed by atoms with Crippen LogP contribution in [0.4, 0.5) is 4.39 Å². The van der Waals surface area contributed by atoms with Gasteiger partial charge in [-0.05, 0) is 18.1 Å². The molecule has 0 spiro atoms. The van der Waals surface area contributed by atoms with Gasteiger partial charge in [-0.3, -0.25) is 0 Å². The summed E-state index contributed by atoms with van der Waals surface area (Å²) in [5.41, 5.74) is 0.681. The van der Waals surface area contributed by atoms with Crippen molar-refractivity contribution in [2.24, 2.45) is 0 Å². The van der Waals surface area contributed by atoms with Gasteiger partial charge in [-0.1, -0.05) is 6.92 Å². The van der Waals surface area contributed by atoms with Gasteiger partial charge in [0, 0.05) is 6.21 Å². The molecule has 0 saturated heterocycles. The highest BCUT2D eigenvalue weighted by molar-refractivity contribution is 5.68. The smallest absolute Gasteiger partial charge is 0.111 e. The third kappa shape index (κ3) is 2.50. The molecule has 0 aliphatic heterocycles. The second-order valence-electron chi connectivity index (χ2n) is 1.48. The fourth-order valence-corrected chi connectivity index (χ4v) is 0.375. The van der Waals surface area contributed by atoms with Crippen LogP contribution in [0.25, 0.3) is 0 Å². The Morgan fingerprint density at radius 3 is 2.50 bits per heavy atom. The number of nitrogens with one attached hydrogen (secondary N) is 1. The molecule has 0 aromatic carbocycles. The molecule has 0 bridgehead atoms. The van der Waals surface area contributed by atoms with E-state index in [0.29, 0.717) is 12.0 Å². The summed E-state index contributed by atoms with van der Waals surface area (Å²) in [5.74, 6) is 0. The number of hydrogen-bond donors (Lipinski definition) is 1. The lowest BCUT2D eigenvalue weighted by Crippen LogP contribution is -1.81. The van der Waals surface area contributed by atoms with Crippen LogP contribution < -0.4 is 0 Å². The average molecular weight is 115 g/mol. The molecular formula is C6H10FN. The van der Waals surface area contributed by atoms with Crippen LogP contribution >= 0.6 is 0 Å². The topological polar surface area (TPSA) is 23.9 Å². The van der Waals surface area contributed by atoms with Crippen LogP contribution in [0.2, 0.25) is 0 Å². The second kappa shape index (κ2) is 4.50. The lowest BCUT2D eigenvalue weighted by atomic mass is 10.2. The van der Waals surface area contributed by atoms with E-state index in [1.165, 1.54) is 6.08 Å². The van der Waals surface area contributed by atoms with Gasteiger partial charge in [0.1, 0.15) is 6.67 Å². The first-order valence-electron chi connectivity index (χ1n) is 2.59. The fraction of sp³-hybridized carbons (Fsp3) is 0.500. The van der Waals surface area contributed by atoms with Crippen LogP contribution in [-0.4, -0.2) is 12.9 Å². The van der Waals surface area contributed by atoms with Gasteiger partial charge in [-0.15, -0.1) is 0 Å². The van der Waals surface area contributed by atoms with Gasteiger partial charge in [-0.25, -0.2) is 4.39 Å². The summed E-state index contributed by atoms with van der Waals surface area (Å²) in [6.07, 6.45) is 3.30. The number of alkyl halides is 1. The van der Waals surface area contributed by atoms with Crippen LogP contribution in [0.1, 0.15) is 13.3 Å². The number of rotatable bonds is 3. The van der Waals surface area contributed by atoms with E-state index < -0.39 is 6.67 Å². The van der Waals surface area contributed by atoms with E-state index in [-0.39, 0.29) is 0 Å². The SMILES string of the molecule is CC/C(=C\C=N)CF. The molecule has 0 radical (unpaired) electrons. The molecule has 8 heavy (non-hydrogen) atoms. The highest BCUT2D eigenvalue weighted by Crippen LogP contribution is 1.97. The zero-order valence-electron chi connectivity index (χ0n) is 4.95. The summed E-state index contributed by atoms with van der Waals surface area (Å²) in [7, 11) is 0. The van der Waals surface area contributed by atoms with Crippen molar-refractivity contribution in [3.8, 4) is 0 Å². The maximum atomic E-state index is 11.7. The minimum Gasteiger partial charge on any atom is -0.309 e. The van der Waals surface area contributed by atoms with E-state index in [4.69, 9.17) is 5.41 Å². The van der Waals surface area contributed by atoms with E-state index in [2.05, 4.69) is 0 Å². The highest BCUT2D eigenvalue weighted by Gasteiger charge is 1.87. The quantitative estimate of drug-likeness (QED) is 0.543. The highest BCUT2D eigenvalue weighted by atomic mass is 19.1. The maximum absolute atomic E-state index is 11.7. The van der Waals surface area contributed by atoms with Crippen LogP contribution in [0, 0.1) is 5.41 Å². The van der Waals surface area contributed by atoms with Gasteiger partial charge in [-0.2, -0.15) is 0 Å². The van der Waals surface area contributed by atoms with E-state index in [1.807, 2.05) is 6.92 Å². The van der Waals surface area contributed by atoms with Crippen LogP contribution in [0.15, 0.2) is 11.6 Å². The number of allylic oxidation sites excluding steroid dienone is 2. The molecule has 0 fully saturated rings. The van der Waals surface area contributed by atoms with E-state index >= 15 is 0 Å². The Morgan fingerprint density at radius 2 is 2.38 bits per heavy atom. The first kappa shape index (κ1) is 7.34. The Labute approximate surface area is 48.7 Å². The van der Waals surface area contributed by atoms with Crippen molar-refractivity contribution in [1.29, 1.82) is 5.41 Å². The van der Waals surface area contributed by atoms with Crippen molar-refractivity contribution >= 4 is 6.21 Å². The van der Waals surface area contributed by atoms with Crippen LogP contribution in [0.3, 0.4) is 0 Å². The van der Waals surface area contributed by atoms with Crippen molar-refractivity contribution in [2.45, 2.75) is 13.3 Å². The molecular weight excluding hydrogens is 105 g/mol. The lowest BCUT2D eigenvalue weighted by molar-refractivity contribution is 0.535. The van der Waals surface area contributed by atoms with Crippen molar-refractivity contribution < 1.29 is 4.39 Å². The summed E-state index contributed by atoms with van der Waals surface area (Å²) in [6, 6.07) is 0. The minimum atomic E-state index is -0.425. The van der Waals surface area contributed by atoms with Gasteiger partial charge in [0.2, 0.25) is 0 Å². The standard InChI is InChI=1S/C6H10FN/c1-2-6(5-7)3-4-8/h3-4,8H,2,5H2,1H3/b6-3+,8-4?. The summed E-state index contributed by atoms with van der Waals surface area (Å²) in [5, 5.41) is 6.57. The summed E-state index contributed by atoms with van der Waals surface area (Å²) >= 11 is 0. The third-order valence-electron chi connectivity index (χ3n) is 0.945. The Bertz CT molecular complexity index is 90.7. The van der Waals surface area contributed by atoms with Gasteiger partial charge >= 0.3 is 0 Å². The number of hydrogen-bond acceptors (Lipinski definition) is 1. The van der Waals surface area contributed by atoms with Crippen molar-refractivity contribution in [3.63, 3.8) is 0 Å². The molecule has 1 N–H and O–H groups in total. The zero-order chi connectivity index (χ0) is 6.41. The molecule has 46 valence electrons. The van der Waals surface area contributed by atoms with Crippen LogP contribution in [-0.2, 0) is 0 Å². The first-order valence-corrected chi connectivity index (χ1v) is 2.59. The van der Waals surface area contributed by atoms with Crippen molar-refractivity contribution in [3.05, 3.63) is 11.6 Å².